The van der Waals surface area contributed by atoms with Gasteiger partial charge in [-0.1, -0.05) is 24.3 Å². The molecule has 2 aliphatic rings. The number of halogens is 2. The van der Waals surface area contributed by atoms with Crippen molar-refractivity contribution >= 4 is 17.3 Å². The van der Waals surface area contributed by atoms with Crippen LogP contribution in [0.2, 0.25) is 0 Å². The average molecular weight is 519 g/mol. The van der Waals surface area contributed by atoms with Crippen molar-refractivity contribution in [3.63, 3.8) is 0 Å². The summed E-state index contributed by atoms with van der Waals surface area (Å²) in [4.78, 5) is 6.50. The molecule has 4 rings (SSSR count). The molecular weight excluding hydrogens is 478 g/mol. The van der Waals surface area contributed by atoms with Crippen LogP contribution in [0.5, 0.6) is 0 Å². The summed E-state index contributed by atoms with van der Waals surface area (Å²) in [6, 6.07) is 16.4. The second-order valence-electron chi connectivity index (χ2n) is 8.91. The summed E-state index contributed by atoms with van der Waals surface area (Å²) in [7, 11) is 0. The second-order valence-corrected chi connectivity index (χ2v) is 8.91. The normalized spacial score (nSPS) is 15.8. The Kier molecular flexibility index (Phi) is 12.4. The zero-order valence-electron chi connectivity index (χ0n) is 21.5. The maximum Gasteiger partial charge on any atom is 0.188 e. The van der Waals surface area contributed by atoms with E-state index in [9.17, 15) is 8.78 Å². The lowest BCUT2D eigenvalue weighted by molar-refractivity contribution is 0.106. The van der Waals surface area contributed by atoms with Gasteiger partial charge in [0.05, 0.1) is 26.4 Å². The highest BCUT2D eigenvalue weighted by atomic mass is 19.1. The third-order valence-electron chi connectivity index (χ3n) is 6.32. The number of piperazine rings is 2. The molecule has 2 saturated heterocycles. The van der Waals surface area contributed by atoms with Crippen LogP contribution in [-0.4, -0.2) is 89.8 Å². The SMILES string of the molecule is FCCOCc1ccc(N2CCNCC2)cc1.N=C(N)N1CCN(c2ccc(COCCF)cc2)CC1. The number of nitrogens with two attached hydrogens (primary N) is 1. The minimum absolute atomic E-state index is 0.144. The van der Waals surface area contributed by atoms with E-state index in [4.69, 9.17) is 20.6 Å². The maximum absolute atomic E-state index is 11.9. The van der Waals surface area contributed by atoms with Crippen LogP contribution in [-0.2, 0) is 22.7 Å². The van der Waals surface area contributed by atoms with Crippen LogP contribution >= 0.6 is 0 Å². The number of hydrogen-bond donors (Lipinski definition) is 3. The minimum Gasteiger partial charge on any atom is -0.374 e. The molecule has 2 fully saturated rings. The first-order chi connectivity index (χ1) is 18.1. The molecule has 37 heavy (non-hydrogen) atoms. The summed E-state index contributed by atoms with van der Waals surface area (Å²) in [5, 5.41) is 10.7. The Morgan fingerprint density at radius 3 is 1.57 bits per heavy atom. The molecule has 10 heteroatoms. The predicted molar refractivity (Wildman–Crippen MR) is 145 cm³/mol. The highest BCUT2D eigenvalue weighted by molar-refractivity contribution is 5.75. The topological polar surface area (TPSA) is 90.1 Å². The lowest BCUT2D eigenvalue weighted by Crippen LogP contribution is -2.50. The predicted octanol–water partition coefficient (Wildman–Crippen LogP) is 2.77. The van der Waals surface area contributed by atoms with E-state index < -0.39 is 13.3 Å². The number of hydrogen-bond acceptors (Lipinski definition) is 6. The minimum atomic E-state index is -0.446. The van der Waals surface area contributed by atoms with Crippen LogP contribution in [0, 0.1) is 5.41 Å². The number of benzene rings is 2. The van der Waals surface area contributed by atoms with Gasteiger partial charge in [0, 0.05) is 63.7 Å². The molecule has 0 unspecified atom stereocenters. The van der Waals surface area contributed by atoms with Gasteiger partial charge < -0.3 is 35.2 Å². The summed E-state index contributed by atoms with van der Waals surface area (Å²) in [5.41, 5.74) is 10.0. The van der Waals surface area contributed by atoms with Crippen molar-refractivity contribution in [1.82, 2.24) is 10.2 Å². The van der Waals surface area contributed by atoms with E-state index in [1.165, 1.54) is 5.69 Å². The first-order valence-corrected chi connectivity index (χ1v) is 12.9. The molecule has 0 spiro atoms. The molecular formula is C27H40F2N6O2. The number of rotatable bonds is 10. The van der Waals surface area contributed by atoms with Crippen molar-refractivity contribution in [2.75, 3.05) is 88.7 Å². The van der Waals surface area contributed by atoms with E-state index in [2.05, 4.69) is 51.5 Å². The van der Waals surface area contributed by atoms with Gasteiger partial charge in [0.2, 0.25) is 0 Å². The second kappa shape index (κ2) is 16.0. The quantitative estimate of drug-likeness (QED) is 0.253. The number of nitrogens with one attached hydrogen (secondary N) is 2. The fourth-order valence-electron chi connectivity index (χ4n) is 4.22. The van der Waals surface area contributed by atoms with Crippen LogP contribution in [0.15, 0.2) is 48.5 Å². The average Bonchev–Trinajstić information content (AvgIpc) is 2.95. The van der Waals surface area contributed by atoms with Crippen LogP contribution in [0.25, 0.3) is 0 Å². The Hall–Kier alpha value is -2.95. The Morgan fingerprint density at radius 2 is 1.16 bits per heavy atom. The van der Waals surface area contributed by atoms with Crippen LogP contribution in [0.3, 0.4) is 0 Å². The van der Waals surface area contributed by atoms with Crippen molar-refractivity contribution in [3.05, 3.63) is 59.7 Å². The molecule has 2 heterocycles. The van der Waals surface area contributed by atoms with Gasteiger partial charge in [-0.3, -0.25) is 5.41 Å². The fraction of sp³-hybridized carbons (Fsp3) is 0.519. The molecule has 2 aromatic rings. The van der Waals surface area contributed by atoms with Crippen molar-refractivity contribution in [3.8, 4) is 0 Å². The van der Waals surface area contributed by atoms with Crippen molar-refractivity contribution in [2.24, 2.45) is 5.73 Å². The Balaban J connectivity index is 0.000000208. The molecule has 0 atom stereocenters. The molecule has 2 aromatic carbocycles. The summed E-state index contributed by atoms with van der Waals surface area (Å²) in [6.45, 7) is 7.86. The largest absolute Gasteiger partial charge is 0.374 e. The fourth-order valence-corrected chi connectivity index (χ4v) is 4.22. The molecule has 0 saturated carbocycles. The molecule has 204 valence electrons. The maximum atomic E-state index is 11.9. The molecule has 2 aliphatic heterocycles. The number of ether oxygens (including phenoxy) is 2. The van der Waals surface area contributed by atoms with Gasteiger partial charge in [0.15, 0.2) is 5.96 Å². The third-order valence-corrected chi connectivity index (χ3v) is 6.32. The van der Waals surface area contributed by atoms with E-state index in [1.807, 2.05) is 17.0 Å². The first-order valence-electron chi connectivity index (χ1n) is 12.9. The molecule has 8 nitrogen and oxygen atoms in total. The highest BCUT2D eigenvalue weighted by Crippen LogP contribution is 2.18. The molecule has 0 radical (unpaired) electrons. The van der Waals surface area contributed by atoms with E-state index >= 15 is 0 Å². The zero-order valence-corrected chi connectivity index (χ0v) is 21.5. The Morgan fingerprint density at radius 1 is 0.730 bits per heavy atom. The third kappa shape index (κ3) is 9.79. The Labute approximate surface area is 218 Å². The summed E-state index contributed by atoms with van der Waals surface area (Å²) >= 11 is 0. The van der Waals surface area contributed by atoms with Crippen LogP contribution in [0.1, 0.15) is 11.1 Å². The number of anilines is 2. The van der Waals surface area contributed by atoms with Gasteiger partial charge in [0.25, 0.3) is 0 Å². The molecule has 0 aliphatic carbocycles. The summed E-state index contributed by atoms with van der Waals surface area (Å²) in [6.07, 6.45) is 0. The summed E-state index contributed by atoms with van der Waals surface area (Å²) < 4.78 is 34.1. The highest BCUT2D eigenvalue weighted by Gasteiger charge is 2.17. The van der Waals surface area contributed by atoms with E-state index in [0.717, 1.165) is 69.2 Å². The van der Waals surface area contributed by atoms with Gasteiger partial charge in [-0.2, -0.15) is 0 Å². The Bertz CT molecular complexity index is 902. The molecule has 0 amide bonds. The van der Waals surface area contributed by atoms with Crippen molar-refractivity contribution in [1.29, 1.82) is 5.41 Å². The van der Waals surface area contributed by atoms with Crippen molar-refractivity contribution in [2.45, 2.75) is 13.2 Å². The number of alkyl halides is 2. The van der Waals surface area contributed by atoms with Gasteiger partial charge in [-0.15, -0.1) is 0 Å². The van der Waals surface area contributed by atoms with Gasteiger partial charge in [0.1, 0.15) is 13.3 Å². The van der Waals surface area contributed by atoms with E-state index in [0.29, 0.717) is 13.2 Å². The standard InChI is InChI=1S/C14H21FN4O.C13H19FN2O/c15-5-10-20-11-12-1-3-13(4-2-12)18-6-8-19(9-7-18)14(16)17;14-5-10-17-11-12-1-3-13(4-2-12)16-8-6-15-7-9-16/h1-4H,5-11H2,(H3,16,17);1-4,15H,5-11H2. The zero-order chi connectivity index (χ0) is 26.3. The van der Waals surface area contributed by atoms with E-state index in [1.54, 1.807) is 0 Å². The van der Waals surface area contributed by atoms with Gasteiger partial charge >= 0.3 is 0 Å². The lowest BCUT2D eigenvalue weighted by Gasteiger charge is -2.36. The smallest absolute Gasteiger partial charge is 0.188 e. The van der Waals surface area contributed by atoms with Crippen LogP contribution in [0.4, 0.5) is 20.2 Å². The number of nitrogens with zero attached hydrogens (tertiary/aromatic N) is 3. The monoisotopic (exact) mass is 518 g/mol. The van der Waals surface area contributed by atoms with Crippen molar-refractivity contribution < 1.29 is 18.3 Å². The molecule has 0 bridgehead atoms. The summed E-state index contributed by atoms with van der Waals surface area (Å²) in [5.74, 6) is 0.144. The van der Waals surface area contributed by atoms with E-state index in [-0.39, 0.29) is 19.2 Å². The van der Waals surface area contributed by atoms with Crippen LogP contribution < -0.4 is 20.9 Å². The molecule has 4 N–H and O–H groups in total. The molecule has 0 aromatic heterocycles. The van der Waals surface area contributed by atoms with Gasteiger partial charge in [-0.05, 0) is 35.4 Å². The first kappa shape index (κ1) is 28.6. The lowest BCUT2D eigenvalue weighted by atomic mass is 10.2. The van der Waals surface area contributed by atoms with Gasteiger partial charge in [-0.25, -0.2) is 8.78 Å². The number of guanidine groups is 1.